The van der Waals surface area contributed by atoms with E-state index < -0.39 is 0 Å². The zero-order valence-corrected chi connectivity index (χ0v) is 11.4. The van der Waals surface area contributed by atoms with Gasteiger partial charge in [0.1, 0.15) is 6.61 Å². The molecule has 2 nitrogen and oxygen atoms in total. The number of hydrogen-bond acceptors (Lipinski definition) is 3. The first-order valence-electron chi connectivity index (χ1n) is 5.49. The first kappa shape index (κ1) is 13.3. The second kappa shape index (κ2) is 6.18. The summed E-state index contributed by atoms with van der Waals surface area (Å²) in [6.07, 6.45) is 0. The standard InChI is InChI=1S/C13H13ClFNOS/c1-16-7-9-2-4-12(11(15)6-9)17-8-10-3-5-13(14)18-10/h2-6,16H,7-8H2,1H3. The van der Waals surface area contributed by atoms with Crippen LogP contribution in [-0.2, 0) is 13.2 Å². The second-order valence-corrected chi connectivity index (χ2v) is 5.59. The van der Waals surface area contributed by atoms with Gasteiger partial charge in [-0.05, 0) is 36.9 Å². The molecule has 2 aromatic rings. The lowest BCUT2D eigenvalue weighted by Crippen LogP contribution is -2.05. The lowest BCUT2D eigenvalue weighted by Gasteiger charge is -2.07. The van der Waals surface area contributed by atoms with Crippen LogP contribution in [0.3, 0.4) is 0 Å². The lowest BCUT2D eigenvalue weighted by atomic mass is 10.2. The first-order chi connectivity index (χ1) is 8.69. The molecule has 1 aromatic heterocycles. The lowest BCUT2D eigenvalue weighted by molar-refractivity contribution is 0.293. The third-order valence-corrected chi connectivity index (χ3v) is 3.58. The minimum absolute atomic E-state index is 0.263. The molecular formula is C13H13ClFNOS. The Morgan fingerprint density at radius 2 is 2.17 bits per heavy atom. The third-order valence-electron chi connectivity index (χ3n) is 2.38. The van der Waals surface area contributed by atoms with Crippen LogP contribution in [0.15, 0.2) is 30.3 Å². The summed E-state index contributed by atoms with van der Waals surface area (Å²) in [6.45, 7) is 0.970. The van der Waals surface area contributed by atoms with E-state index in [2.05, 4.69) is 5.32 Å². The summed E-state index contributed by atoms with van der Waals surface area (Å²) in [6, 6.07) is 8.65. The van der Waals surface area contributed by atoms with Crippen molar-refractivity contribution in [3.8, 4) is 5.75 Å². The molecule has 1 heterocycles. The van der Waals surface area contributed by atoms with Gasteiger partial charge in [0, 0.05) is 11.4 Å². The average Bonchev–Trinajstić information content (AvgIpc) is 2.74. The quantitative estimate of drug-likeness (QED) is 0.901. The van der Waals surface area contributed by atoms with E-state index in [1.54, 1.807) is 12.1 Å². The molecule has 0 saturated heterocycles. The Morgan fingerprint density at radius 1 is 1.33 bits per heavy atom. The molecule has 0 spiro atoms. The topological polar surface area (TPSA) is 21.3 Å². The molecular weight excluding hydrogens is 273 g/mol. The van der Waals surface area contributed by atoms with Crippen LogP contribution >= 0.6 is 22.9 Å². The van der Waals surface area contributed by atoms with Crippen LogP contribution in [0.5, 0.6) is 5.75 Å². The van der Waals surface area contributed by atoms with Gasteiger partial charge in [0.2, 0.25) is 0 Å². The van der Waals surface area contributed by atoms with Crippen LogP contribution in [0.2, 0.25) is 4.34 Å². The highest BCUT2D eigenvalue weighted by Gasteiger charge is 2.06. The molecule has 0 aliphatic heterocycles. The molecule has 0 saturated carbocycles. The number of ether oxygens (including phenoxy) is 1. The maximum absolute atomic E-state index is 13.7. The van der Waals surface area contributed by atoms with E-state index in [9.17, 15) is 4.39 Å². The van der Waals surface area contributed by atoms with E-state index in [1.165, 1.54) is 17.4 Å². The average molecular weight is 286 g/mol. The molecule has 0 radical (unpaired) electrons. The molecule has 1 aromatic carbocycles. The molecule has 2 rings (SSSR count). The summed E-state index contributed by atoms with van der Waals surface area (Å²) < 4.78 is 19.8. The SMILES string of the molecule is CNCc1ccc(OCc2ccc(Cl)s2)c(F)c1. The Kier molecular flexibility index (Phi) is 4.58. The van der Waals surface area contributed by atoms with Crippen LogP contribution in [-0.4, -0.2) is 7.05 Å². The predicted octanol–water partition coefficient (Wildman–Crippen LogP) is 3.84. The van der Waals surface area contributed by atoms with Gasteiger partial charge in [-0.1, -0.05) is 17.7 Å². The van der Waals surface area contributed by atoms with Crippen LogP contribution in [0.25, 0.3) is 0 Å². The van der Waals surface area contributed by atoms with Crippen molar-refractivity contribution in [3.63, 3.8) is 0 Å². The Labute approximate surface area is 114 Å². The van der Waals surface area contributed by atoms with E-state index in [-0.39, 0.29) is 11.6 Å². The zero-order valence-electron chi connectivity index (χ0n) is 9.87. The Morgan fingerprint density at radius 3 is 2.78 bits per heavy atom. The van der Waals surface area contributed by atoms with Gasteiger partial charge in [0.15, 0.2) is 11.6 Å². The van der Waals surface area contributed by atoms with Gasteiger partial charge in [0.25, 0.3) is 0 Å². The highest BCUT2D eigenvalue weighted by molar-refractivity contribution is 7.16. The van der Waals surface area contributed by atoms with Crippen LogP contribution in [0, 0.1) is 5.82 Å². The zero-order chi connectivity index (χ0) is 13.0. The van der Waals surface area contributed by atoms with Crippen LogP contribution in [0.4, 0.5) is 4.39 Å². The number of hydrogen-bond donors (Lipinski definition) is 1. The van der Waals surface area contributed by atoms with Crippen LogP contribution < -0.4 is 10.1 Å². The molecule has 0 fully saturated rings. The number of rotatable bonds is 5. The normalized spacial score (nSPS) is 10.6. The van der Waals surface area contributed by atoms with Gasteiger partial charge >= 0.3 is 0 Å². The Hall–Kier alpha value is -1.10. The van der Waals surface area contributed by atoms with Gasteiger partial charge < -0.3 is 10.1 Å². The van der Waals surface area contributed by atoms with E-state index >= 15 is 0 Å². The largest absolute Gasteiger partial charge is 0.485 e. The molecule has 5 heteroatoms. The summed E-state index contributed by atoms with van der Waals surface area (Å²) in [5.74, 6) is -0.0789. The maximum Gasteiger partial charge on any atom is 0.165 e. The van der Waals surface area contributed by atoms with E-state index in [0.717, 1.165) is 10.4 Å². The number of benzene rings is 1. The summed E-state index contributed by atoms with van der Waals surface area (Å²) in [5, 5.41) is 2.97. The van der Waals surface area contributed by atoms with E-state index in [1.807, 2.05) is 19.2 Å². The summed E-state index contributed by atoms with van der Waals surface area (Å²) >= 11 is 7.24. The molecule has 96 valence electrons. The van der Waals surface area contributed by atoms with Gasteiger partial charge in [-0.2, -0.15) is 0 Å². The number of thiophene rings is 1. The molecule has 0 atom stereocenters. The minimum atomic E-state index is -0.342. The van der Waals surface area contributed by atoms with Crippen LogP contribution in [0.1, 0.15) is 10.4 Å². The third kappa shape index (κ3) is 3.45. The van der Waals surface area contributed by atoms with Crippen molar-refractivity contribution in [1.29, 1.82) is 0 Å². The maximum atomic E-state index is 13.7. The van der Waals surface area contributed by atoms with Crippen molar-refractivity contribution >= 4 is 22.9 Å². The smallest absolute Gasteiger partial charge is 0.165 e. The van der Waals surface area contributed by atoms with Gasteiger partial charge in [-0.25, -0.2) is 4.39 Å². The van der Waals surface area contributed by atoms with Crippen molar-refractivity contribution in [1.82, 2.24) is 5.32 Å². The fourth-order valence-electron chi connectivity index (χ4n) is 1.55. The number of nitrogens with one attached hydrogen (secondary N) is 1. The molecule has 0 amide bonds. The Balaban J connectivity index is 2.01. The highest BCUT2D eigenvalue weighted by atomic mass is 35.5. The van der Waals surface area contributed by atoms with E-state index in [4.69, 9.17) is 16.3 Å². The fourth-order valence-corrected chi connectivity index (χ4v) is 2.55. The highest BCUT2D eigenvalue weighted by Crippen LogP contribution is 2.24. The molecule has 0 unspecified atom stereocenters. The predicted molar refractivity (Wildman–Crippen MR) is 72.8 cm³/mol. The summed E-state index contributed by atoms with van der Waals surface area (Å²) in [7, 11) is 1.82. The van der Waals surface area contributed by atoms with Gasteiger partial charge in [0.05, 0.1) is 4.34 Å². The van der Waals surface area contributed by atoms with Crippen molar-refractivity contribution in [2.24, 2.45) is 0 Å². The van der Waals surface area contributed by atoms with Gasteiger partial charge in [-0.15, -0.1) is 11.3 Å². The number of halogens is 2. The van der Waals surface area contributed by atoms with Crippen molar-refractivity contribution in [3.05, 3.63) is 50.9 Å². The molecule has 0 aliphatic rings. The minimum Gasteiger partial charge on any atom is -0.485 e. The van der Waals surface area contributed by atoms with Crippen molar-refractivity contribution < 1.29 is 9.13 Å². The summed E-state index contributed by atoms with van der Waals surface area (Å²) in [5.41, 5.74) is 0.890. The van der Waals surface area contributed by atoms with Crippen molar-refractivity contribution in [2.45, 2.75) is 13.2 Å². The summed E-state index contributed by atoms with van der Waals surface area (Å²) in [4.78, 5) is 0.971. The van der Waals surface area contributed by atoms with Gasteiger partial charge in [-0.3, -0.25) is 0 Å². The first-order valence-corrected chi connectivity index (χ1v) is 6.68. The van der Waals surface area contributed by atoms with E-state index in [0.29, 0.717) is 17.5 Å². The second-order valence-electron chi connectivity index (χ2n) is 3.79. The molecule has 18 heavy (non-hydrogen) atoms. The molecule has 0 aliphatic carbocycles. The van der Waals surface area contributed by atoms with Crippen molar-refractivity contribution in [2.75, 3.05) is 7.05 Å². The molecule has 0 bridgehead atoms. The monoisotopic (exact) mass is 285 g/mol. The Bertz CT molecular complexity index is 529. The molecule has 1 N–H and O–H groups in total. The fraction of sp³-hybridized carbons (Fsp3) is 0.231.